The fourth-order valence-corrected chi connectivity index (χ4v) is 6.98. The van der Waals surface area contributed by atoms with Gasteiger partial charge >= 0.3 is 0 Å². The molecule has 0 unspecified atom stereocenters. The van der Waals surface area contributed by atoms with E-state index in [1.54, 1.807) is 0 Å². The molecule has 0 spiro atoms. The van der Waals surface area contributed by atoms with Crippen LogP contribution in [0.5, 0.6) is 0 Å². The Kier molecular flexibility index (Phi) is 7.53. The van der Waals surface area contributed by atoms with Gasteiger partial charge in [-0.1, -0.05) is 133 Å². The van der Waals surface area contributed by atoms with Crippen LogP contribution in [0.15, 0.2) is 206 Å². The van der Waals surface area contributed by atoms with Crippen molar-refractivity contribution in [2.24, 2.45) is 0 Å². The minimum absolute atomic E-state index is 1.12. The molecule has 0 saturated heterocycles. The van der Waals surface area contributed by atoms with Crippen LogP contribution in [0.4, 0.5) is 17.1 Å². The van der Waals surface area contributed by atoms with E-state index in [9.17, 15) is 0 Å². The molecule has 9 aromatic rings. The van der Waals surface area contributed by atoms with Crippen LogP contribution in [0.2, 0.25) is 0 Å². The van der Waals surface area contributed by atoms with Gasteiger partial charge in [-0.05, 0) is 116 Å². The number of benzene rings is 8. The van der Waals surface area contributed by atoms with Crippen molar-refractivity contribution in [3.05, 3.63) is 206 Å². The molecule has 50 heavy (non-hydrogen) atoms. The second kappa shape index (κ2) is 12.8. The Hall–Kier alpha value is -6.64. The lowest BCUT2D eigenvalue weighted by Gasteiger charge is -2.26. The third-order valence-electron chi connectivity index (χ3n) is 9.64. The van der Waals surface area contributed by atoms with Gasteiger partial charge in [-0.2, -0.15) is 0 Å². The average Bonchev–Trinajstić information content (AvgIpc) is 3.63. The summed E-state index contributed by atoms with van der Waals surface area (Å²) < 4.78 is 2.24. The molecule has 2 heteroatoms. The monoisotopic (exact) mass is 638 g/mol. The van der Waals surface area contributed by atoms with Gasteiger partial charge in [-0.15, -0.1) is 0 Å². The van der Waals surface area contributed by atoms with E-state index in [0.29, 0.717) is 0 Å². The van der Waals surface area contributed by atoms with Crippen molar-refractivity contribution >= 4 is 38.7 Å². The highest BCUT2D eigenvalue weighted by atomic mass is 15.1. The quantitative estimate of drug-likeness (QED) is 0.169. The van der Waals surface area contributed by atoms with Gasteiger partial charge in [0.1, 0.15) is 0 Å². The zero-order valence-electron chi connectivity index (χ0n) is 27.5. The molecule has 0 fully saturated rings. The number of hydrogen-bond donors (Lipinski definition) is 0. The van der Waals surface area contributed by atoms with Gasteiger partial charge in [-0.25, -0.2) is 0 Å². The Balaban J connectivity index is 0.960. The van der Waals surface area contributed by atoms with E-state index in [4.69, 9.17) is 0 Å². The maximum Gasteiger partial charge on any atom is 0.0528 e. The second-order valence-electron chi connectivity index (χ2n) is 12.7. The van der Waals surface area contributed by atoms with Crippen LogP contribution in [0.3, 0.4) is 0 Å². The lowest BCUT2D eigenvalue weighted by molar-refractivity contribution is 1.13. The number of aromatic nitrogens is 1. The highest BCUT2D eigenvalue weighted by Crippen LogP contribution is 2.37. The summed E-state index contributed by atoms with van der Waals surface area (Å²) in [6.07, 6.45) is 2.14. The lowest BCUT2D eigenvalue weighted by Crippen LogP contribution is -2.09. The molecule has 0 aliphatic heterocycles. The summed E-state index contributed by atoms with van der Waals surface area (Å²) in [5.41, 5.74) is 13.0. The Morgan fingerprint density at radius 1 is 0.300 bits per heavy atom. The zero-order valence-corrected chi connectivity index (χ0v) is 27.5. The van der Waals surface area contributed by atoms with Crippen LogP contribution in [-0.4, -0.2) is 4.57 Å². The summed E-state index contributed by atoms with van der Waals surface area (Å²) in [5.74, 6) is 0. The third kappa shape index (κ3) is 5.63. The largest absolute Gasteiger partial charge is 0.317 e. The van der Waals surface area contributed by atoms with E-state index in [2.05, 4.69) is 216 Å². The van der Waals surface area contributed by atoms with Crippen LogP contribution < -0.4 is 4.90 Å². The lowest BCUT2D eigenvalue weighted by atomic mass is 9.99. The number of hydrogen-bond acceptors (Lipinski definition) is 1. The van der Waals surface area contributed by atoms with Crippen molar-refractivity contribution in [2.75, 3.05) is 4.90 Å². The summed E-state index contributed by atoms with van der Waals surface area (Å²) in [4.78, 5) is 2.32. The van der Waals surface area contributed by atoms with Crippen molar-refractivity contribution in [1.29, 1.82) is 0 Å². The van der Waals surface area contributed by atoms with Gasteiger partial charge < -0.3 is 9.47 Å². The Bertz CT molecular complexity index is 2540. The van der Waals surface area contributed by atoms with E-state index in [-0.39, 0.29) is 0 Å². The Morgan fingerprint density at radius 2 is 0.740 bits per heavy atom. The molecule has 0 bridgehead atoms. The molecule has 0 amide bonds. The van der Waals surface area contributed by atoms with Crippen LogP contribution >= 0.6 is 0 Å². The minimum atomic E-state index is 1.12. The van der Waals surface area contributed by atoms with Crippen LogP contribution in [0.25, 0.3) is 60.7 Å². The van der Waals surface area contributed by atoms with E-state index in [1.165, 1.54) is 55.1 Å². The van der Waals surface area contributed by atoms with E-state index in [1.807, 2.05) is 0 Å². The Labute approximate surface area is 292 Å². The average molecular weight is 639 g/mol. The molecular formula is C48H34N2. The fraction of sp³-hybridized carbons (Fsp3) is 0. The zero-order chi connectivity index (χ0) is 33.3. The first-order valence-corrected chi connectivity index (χ1v) is 17.1. The van der Waals surface area contributed by atoms with E-state index >= 15 is 0 Å². The second-order valence-corrected chi connectivity index (χ2v) is 12.7. The van der Waals surface area contributed by atoms with Crippen molar-refractivity contribution in [1.82, 2.24) is 4.57 Å². The molecule has 236 valence electrons. The first kappa shape index (κ1) is 29.5. The number of para-hydroxylation sites is 2. The predicted molar refractivity (Wildman–Crippen MR) is 212 cm³/mol. The van der Waals surface area contributed by atoms with Crippen molar-refractivity contribution in [3.8, 4) is 39.1 Å². The maximum atomic E-state index is 2.32. The standard InChI is InChI=1S/C48H34N2/c1-2-11-45(12-3-1)50(47-30-24-40(25-31-47)43-19-18-35-8-4-5-10-42(35)34-43)46-28-22-39(23-29-46)37-16-14-36(15-17-37)38-20-26-44(27-21-38)49-33-32-41-9-6-7-13-48(41)49/h1-34H. The molecule has 1 aromatic heterocycles. The summed E-state index contributed by atoms with van der Waals surface area (Å²) in [5, 5.41) is 3.76. The summed E-state index contributed by atoms with van der Waals surface area (Å²) in [6.45, 7) is 0. The summed E-state index contributed by atoms with van der Waals surface area (Å²) in [7, 11) is 0. The smallest absolute Gasteiger partial charge is 0.0528 e. The normalized spacial score (nSPS) is 11.2. The minimum Gasteiger partial charge on any atom is -0.317 e. The molecule has 0 N–H and O–H groups in total. The van der Waals surface area contributed by atoms with Gasteiger partial charge in [0.15, 0.2) is 0 Å². The van der Waals surface area contributed by atoms with Gasteiger partial charge in [0.05, 0.1) is 5.52 Å². The molecule has 0 saturated carbocycles. The van der Waals surface area contributed by atoms with Crippen LogP contribution in [0, 0.1) is 0 Å². The summed E-state index contributed by atoms with van der Waals surface area (Å²) >= 11 is 0. The first-order valence-electron chi connectivity index (χ1n) is 17.1. The van der Waals surface area contributed by atoms with E-state index in [0.717, 1.165) is 22.7 Å². The number of nitrogens with zero attached hydrogens (tertiary/aromatic N) is 2. The molecule has 0 atom stereocenters. The van der Waals surface area contributed by atoms with Gasteiger partial charge in [0.2, 0.25) is 0 Å². The van der Waals surface area contributed by atoms with Crippen LogP contribution in [-0.2, 0) is 0 Å². The maximum absolute atomic E-state index is 2.32. The molecule has 8 aromatic carbocycles. The molecule has 0 aliphatic carbocycles. The van der Waals surface area contributed by atoms with Gasteiger partial charge in [0.25, 0.3) is 0 Å². The fourth-order valence-electron chi connectivity index (χ4n) is 6.98. The number of fused-ring (bicyclic) bond motifs is 2. The van der Waals surface area contributed by atoms with Gasteiger partial charge in [-0.3, -0.25) is 0 Å². The Morgan fingerprint density at radius 3 is 1.36 bits per heavy atom. The molecule has 0 radical (unpaired) electrons. The highest BCUT2D eigenvalue weighted by Gasteiger charge is 2.13. The SMILES string of the molecule is c1ccc(N(c2ccc(-c3ccc(-c4ccc(-n5ccc6ccccc65)cc4)cc3)cc2)c2ccc(-c3ccc4ccccc4c3)cc2)cc1. The predicted octanol–water partition coefficient (Wildman–Crippen LogP) is 13.3. The highest BCUT2D eigenvalue weighted by molar-refractivity contribution is 5.88. The summed E-state index contributed by atoms with van der Waals surface area (Å²) in [6, 6.07) is 71.9. The van der Waals surface area contributed by atoms with E-state index < -0.39 is 0 Å². The first-order chi connectivity index (χ1) is 24.8. The van der Waals surface area contributed by atoms with Crippen LogP contribution in [0.1, 0.15) is 0 Å². The van der Waals surface area contributed by atoms with Crippen molar-refractivity contribution < 1.29 is 0 Å². The molecule has 1 heterocycles. The molecular weight excluding hydrogens is 605 g/mol. The number of anilines is 3. The topological polar surface area (TPSA) is 8.17 Å². The third-order valence-corrected chi connectivity index (χ3v) is 9.64. The molecule has 2 nitrogen and oxygen atoms in total. The van der Waals surface area contributed by atoms with Crippen molar-refractivity contribution in [3.63, 3.8) is 0 Å². The molecule has 9 rings (SSSR count). The molecule has 0 aliphatic rings. The van der Waals surface area contributed by atoms with Crippen molar-refractivity contribution in [2.45, 2.75) is 0 Å². The van der Waals surface area contributed by atoms with Gasteiger partial charge in [0, 0.05) is 28.9 Å². The number of rotatable bonds is 7.